The van der Waals surface area contributed by atoms with Gasteiger partial charge in [-0.15, -0.1) is 11.3 Å². The fraction of sp³-hybridized carbons (Fsp3) is 0.812. The molecule has 1 aliphatic rings. The maximum absolute atomic E-state index is 4.98. The molecule has 1 aromatic rings. The first kappa shape index (κ1) is 17.1. The minimum Gasteiger partial charge on any atom is -0.348 e. The zero-order chi connectivity index (χ0) is 15.4. The molecule has 1 heterocycles. The summed E-state index contributed by atoms with van der Waals surface area (Å²) in [6.45, 7) is 7.68. The number of aromatic nitrogens is 1. The largest absolute Gasteiger partial charge is 0.348 e. The summed E-state index contributed by atoms with van der Waals surface area (Å²) >= 11 is 3.81. The number of nitrogens with one attached hydrogen (secondary N) is 1. The first-order valence-electron chi connectivity index (χ1n) is 7.97. The van der Waals surface area contributed by atoms with Crippen molar-refractivity contribution < 1.29 is 0 Å². The number of rotatable bonds is 9. The molecule has 0 aromatic carbocycles. The Morgan fingerprint density at radius 3 is 2.67 bits per heavy atom. The molecule has 120 valence electrons. The fourth-order valence-electron chi connectivity index (χ4n) is 2.27. The van der Waals surface area contributed by atoms with Crippen molar-refractivity contribution in [2.75, 3.05) is 24.0 Å². The van der Waals surface area contributed by atoms with E-state index in [1.165, 1.54) is 40.7 Å². The summed E-state index contributed by atoms with van der Waals surface area (Å²) < 4.78 is 0. The van der Waals surface area contributed by atoms with Gasteiger partial charge in [0.1, 0.15) is 0 Å². The smallest absolute Gasteiger partial charge is 0.185 e. The average Bonchev–Trinajstić information content (AvgIpc) is 3.21. The van der Waals surface area contributed by atoms with Crippen molar-refractivity contribution >= 4 is 28.2 Å². The van der Waals surface area contributed by atoms with Crippen molar-refractivity contribution in [3.8, 4) is 0 Å². The lowest BCUT2D eigenvalue weighted by molar-refractivity contribution is 0.590. The standard InChI is InChI=1S/C16H29N3S2/c1-11(2)17-10-14-15(13-6-7-13)18-16(21-14)19(4)12(3)8-9-20-5/h11-13,17H,6-10H2,1-5H3. The minimum atomic E-state index is 0.529. The Kier molecular flexibility index (Phi) is 6.38. The highest BCUT2D eigenvalue weighted by Gasteiger charge is 2.30. The van der Waals surface area contributed by atoms with Gasteiger partial charge in [0.2, 0.25) is 0 Å². The molecule has 0 spiro atoms. The first-order chi connectivity index (χ1) is 10.0. The van der Waals surface area contributed by atoms with Crippen molar-refractivity contribution in [1.82, 2.24) is 10.3 Å². The van der Waals surface area contributed by atoms with Crippen LogP contribution in [0.1, 0.15) is 56.5 Å². The molecule has 0 aliphatic heterocycles. The fourth-order valence-corrected chi connectivity index (χ4v) is 4.01. The summed E-state index contributed by atoms with van der Waals surface area (Å²) in [6.07, 6.45) is 6.04. The Bertz CT molecular complexity index is 441. The number of hydrogen-bond donors (Lipinski definition) is 1. The molecule has 1 N–H and O–H groups in total. The van der Waals surface area contributed by atoms with Crippen LogP contribution in [0.4, 0.5) is 5.13 Å². The van der Waals surface area contributed by atoms with Gasteiger partial charge in [0, 0.05) is 36.5 Å². The highest BCUT2D eigenvalue weighted by Crippen LogP contribution is 2.44. The lowest BCUT2D eigenvalue weighted by atomic mass is 10.2. The second-order valence-electron chi connectivity index (χ2n) is 6.36. The third kappa shape index (κ3) is 4.86. The van der Waals surface area contributed by atoms with Gasteiger partial charge in [-0.25, -0.2) is 4.98 Å². The summed E-state index contributed by atoms with van der Waals surface area (Å²) in [5.74, 6) is 1.95. The summed E-state index contributed by atoms with van der Waals surface area (Å²) in [5, 5.41) is 4.75. The van der Waals surface area contributed by atoms with Gasteiger partial charge in [-0.2, -0.15) is 11.8 Å². The molecule has 1 atom stereocenters. The summed E-state index contributed by atoms with van der Waals surface area (Å²) in [6, 6.07) is 1.09. The van der Waals surface area contributed by atoms with Gasteiger partial charge < -0.3 is 10.2 Å². The molecule has 3 nitrogen and oxygen atoms in total. The van der Waals surface area contributed by atoms with Gasteiger partial charge in [0.25, 0.3) is 0 Å². The third-order valence-electron chi connectivity index (χ3n) is 4.05. The molecule has 1 unspecified atom stereocenters. The van der Waals surface area contributed by atoms with E-state index in [-0.39, 0.29) is 0 Å². The van der Waals surface area contributed by atoms with Crippen LogP contribution in [0.25, 0.3) is 0 Å². The Morgan fingerprint density at radius 1 is 1.38 bits per heavy atom. The molecule has 0 bridgehead atoms. The number of anilines is 1. The average molecular weight is 328 g/mol. The number of thiazole rings is 1. The predicted molar refractivity (Wildman–Crippen MR) is 96.9 cm³/mol. The summed E-state index contributed by atoms with van der Waals surface area (Å²) in [5.41, 5.74) is 1.37. The molecule has 0 radical (unpaired) electrons. The van der Waals surface area contributed by atoms with Crippen LogP contribution in [-0.2, 0) is 6.54 Å². The van der Waals surface area contributed by atoms with Gasteiger partial charge in [0.05, 0.1) is 5.69 Å². The molecule has 1 saturated carbocycles. The molecule has 1 aliphatic carbocycles. The Morgan fingerprint density at radius 2 is 2.10 bits per heavy atom. The van der Waals surface area contributed by atoms with Crippen LogP contribution < -0.4 is 10.2 Å². The van der Waals surface area contributed by atoms with E-state index in [0.29, 0.717) is 12.1 Å². The molecule has 2 rings (SSSR count). The van der Waals surface area contributed by atoms with Crippen molar-refractivity contribution in [3.63, 3.8) is 0 Å². The van der Waals surface area contributed by atoms with Gasteiger partial charge >= 0.3 is 0 Å². The van der Waals surface area contributed by atoms with E-state index in [0.717, 1.165) is 12.5 Å². The molecule has 1 aromatic heterocycles. The van der Waals surface area contributed by atoms with E-state index >= 15 is 0 Å². The predicted octanol–water partition coefficient (Wildman–Crippen LogP) is 4.10. The highest BCUT2D eigenvalue weighted by atomic mass is 32.2. The Labute approximate surface area is 137 Å². The van der Waals surface area contributed by atoms with E-state index < -0.39 is 0 Å². The maximum Gasteiger partial charge on any atom is 0.185 e. The van der Waals surface area contributed by atoms with E-state index in [4.69, 9.17) is 4.98 Å². The van der Waals surface area contributed by atoms with Gasteiger partial charge in [-0.3, -0.25) is 0 Å². The van der Waals surface area contributed by atoms with Crippen molar-refractivity contribution in [2.45, 2.75) is 64.6 Å². The second-order valence-corrected chi connectivity index (χ2v) is 8.40. The van der Waals surface area contributed by atoms with Gasteiger partial charge in [-0.1, -0.05) is 13.8 Å². The van der Waals surface area contributed by atoms with E-state index in [2.05, 4.69) is 44.3 Å². The van der Waals surface area contributed by atoms with E-state index in [9.17, 15) is 0 Å². The van der Waals surface area contributed by atoms with Crippen LogP contribution in [-0.4, -0.2) is 36.1 Å². The zero-order valence-electron chi connectivity index (χ0n) is 14.0. The molecular formula is C16H29N3S2. The van der Waals surface area contributed by atoms with Gasteiger partial charge in [-0.05, 0) is 38.2 Å². The van der Waals surface area contributed by atoms with Crippen molar-refractivity contribution in [1.29, 1.82) is 0 Å². The third-order valence-corrected chi connectivity index (χ3v) is 5.86. The minimum absolute atomic E-state index is 0.529. The monoisotopic (exact) mass is 327 g/mol. The lowest BCUT2D eigenvalue weighted by Gasteiger charge is -2.23. The lowest BCUT2D eigenvalue weighted by Crippen LogP contribution is -2.29. The number of thioether (sulfide) groups is 1. The molecule has 0 amide bonds. The van der Waals surface area contributed by atoms with Crippen molar-refractivity contribution in [2.24, 2.45) is 0 Å². The van der Waals surface area contributed by atoms with Crippen LogP contribution in [0.3, 0.4) is 0 Å². The normalized spacial score (nSPS) is 16.5. The Hall–Kier alpha value is -0.260. The van der Waals surface area contributed by atoms with Crippen LogP contribution in [0.15, 0.2) is 0 Å². The van der Waals surface area contributed by atoms with Gasteiger partial charge in [0.15, 0.2) is 5.13 Å². The molecule has 1 fully saturated rings. The number of nitrogens with zero attached hydrogens (tertiary/aromatic N) is 2. The second kappa shape index (κ2) is 7.84. The summed E-state index contributed by atoms with van der Waals surface area (Å²) in [4.78, 5) is 8.79. The van der Waals surface area contributed by atoms with Crippen molar-refractivity contribution in [3.05, 3.63) is 10.6 Å². The van der Waals surface area contributed by atoms with E-state index in [1.54, 1.807) is 0 Å². The SMILES string of the molecule is CSCCC(C)N(C)c1nc(C2CC2)c(CNC(C)C)s1. The molecule has 21 heavy (non-hydrogen) atoms. The van der Waals surface area contributed by atoms with E-state index in [1.807, 2.05) is 23.1 Å². The summed E-state index contributed by atoms with van der Waals surface area (Å²) in [7, 11) is 2.19. The Balaban J connectivity index is 2.07. The maximum atomic E-state index is 4.98. The topological polar surface area (TPSA) is 28.2 Å². The number of hydrogen-bond acceptors (Lipinski definition) is 5. The van der Waals surface area contributed by atoms with Crippen LogP contribution in [0, 0.1) is 0 Å². The molecular weight excluding hydrogens is 298 g/mol. The highest BCUT2D eigenvalue weighted by molar-refractivity contribution is 7.98. The molecule has 0 saturated heterocycles. The zero-order valence-corrected chi connectivity index (χ0v) is 15.6. The molecule has 5 heteroatoms. The van der Waals surface area contributed by atoms with Crippen LogP contribution >= 0.6 is 23.1 Å². The van der Waals surface area contributed by atoms with Crippen LogP contribution in [0.5, 0.6) is 0 Å². The first-order valence-corrected chi connectivity index (χ1v) is 10.2. The quantitative estimate of drug-likeness (QED) is 0.739. The van der Waals surface area contributed by atoms with Crippen LogP contribution in [0.2, 0.25) is 0 Å².